The fraction of sp³-hybridized carbons (Fsp3) is 0.667. The highest BCUT2D eigenvalue weighted by atomic mass is 31.1. The molecule has 0 aliphatic rings. The first-order valence-electron chi connectivity index (χ1n) is 15.4. The molecule has 0 saturated heterocycles. The predicted molar refractivity (Wildman–Crippen MR) is 195 cm³/mol. The van der Waals surface area contributed by atoms with Crippen LogP contribution in [0.1, 0.15) is 105 Å². The van der Waals surface area contributed by atoms with E-state index >= 15 is 0 Å². The van der Waals surface area contributed by atoms with Gasteiger partial charge in [-0.05, 0) is 124 Å². The summed E-state index contributed by atoms with van der Waals surface area (Å²) in [5.41, 5.74) is 8.56. The smallest absolute Gasteiger partial charge is 0.0723 e. The van der Waals surface area contributed by atoms with E-state index in [0.29, 0.717) is 0 Å². The van der Waals surface area contributed by atoms with Crippen molar-refractivity contribution in [3.8, 4) is 11.1 Å². The molecule has 0 aliphatic carbocycles. The summed E-state index contributed by atoms with van der Waals surface area (Å²) in [6.45, 7) is 28.5. The van der Waals surface area contributed by atoms with Crippen molar-refractivity contribution in [2.45, 2.75) is 105 Å². The third-order valence-electron chi connectivity index (χ3n) is 7.77. The second-order valence-electron chi connectivity index (χ2n) is 16.8. The second kappa shape index (κ2) is 12.9. The molecule has 6 heteroatoms. The summed E-state index contributed by atoms with van der Waals surface area (Å²) in [5.74, 6) is 0. The van der Waals surface area contributed by atoms with Crippen molar-refractivity contribution in [1.82, 2.24) is 18.7 Å². The summed E-state index contributed by atoms with van der Waals surface area (Å²) in [5, 5.41) is 2.97. The molecule has 0 radical (unpaired) electrons. The standard InChI is InChI=1S/C36H64N4P2/c1-33(2,3)25-21-27(31(29(23-25)35(7,8)9)41(37(13)14)38(15)16)28-22-26(34(4,5)6)24-30(36(10,11)12)32(28)42(39(17)18)40(19)20/h21-24H,1-20H3. The highest BCUT2D eigenvalue weighted by molar-refractivity contribution is 7.62. The Labute approximate surface area is 264 Å². The molecule has 42 heavy (non-hydrogen) atoms. The maximum absolute atomic E-state index is 2.56. The van der Waals surface area contributed by atoms with Crippen LogP contribution in [0.4, 0.5) is 0 Å². The molecular formula is C36H64N4P2. The van der Waals surface area contributed by atoms with Gasteiger partial charge in [-0.2, -0.15) is 0 Å². The number of rotatable bonds is 7. The zero-order valence-electron chi connectivity index (χ0n) is 31.0. The van der Waals surface area contributed by atoms with Crippen molar-refractivity contribution >= 4 is 27.1 Å². The van der Waals surface area contributed by atoms with E-state index in [1.54, 1.807) is 0 Å². The molecule has 0 aromatic heterocycles. The fourth-order valence-corrected chi connectivity index (χ4v) is 10.7. The van der Waals surface area contributed by atoms with Crippen LogP contribution in [0.25, 0.3) is 11.1 Å². The van der Waals surface area contributed by atoms with Gasteiger partial charge in [0.05, 0.1) is 16.4 Å². The van der Waals surface area contributed by atoms with Gasteiger partial charge in [0.2, 0.25) is 0 Å². The van der Waals surface area contributed by atoms with E-state index in [1.807, 2.05) is 0 Å². The van der Waals surface area contributed by atoms with Crippen LogP contribution in [0, 0.1) is 0 Å². The van der Waals surface area contributed by atoms with Gasteiger partial charge in [0.25, 0.3) is 0 Å². The SMILES string of the molecule is CN(C)P(c1c(-c2cc(C(C)(C)C)cc(C(C)(C)C)c2P(N(C)C)N(C)C)cc(C(C)(C)C)cc1C(C)(C)C)N(C)C. The van der Waals surface area contributed by atoms with Crippen molar-refractivity contribution in [1.29, 1.82) is 0 Å². The molecule has 2 rings (SSSR count). The third kappa shape index (κ3) is 8.24. The summed E-state index contributed by atoms with van der Waals surface area (Å²) >= 11 is 0. The Hall–Kier alpha value is -0.860. The topological polar surface area (TPSA) is 13.0 Å². The van der Waals surface area contributed by atoms with Crippen molar-refractivity contribution in [2.75, 3.05) is 56.4 Å². The summed E-state index contributed by atoms with van der Waals surface area (Å²) < 4.78 is 9.77. The quantitative estimate of drug-likeness (QED) is 0.289. The van der Waals surface area contributed by atoms with Crippen LogP contribution in [0.3, 0.4) is 0 Å². The Kier molecular flexibility index (Phi) is 11.4. The predicted octanol–water partition coefficient (Wildman–Crippen LogP) is 8.66. The maximum atomic E-state index is 2.56. The molecule has 2 aromatic carbocycles. The Morgan fingerprint density at radius 1 is 0.381 bits per heavy atom. The summed E-state index contributed by atoms with van der Waals surface area (Å²) in [6, 6.07) is 10.2. The van der Waals surface area contributed by atoms with Gasteiger partial charge >= 0.3 is 0 Å². The molecule has 238 valence electrons. The van der Waals surface area contributed by atoms with E-state index in [1.165, 1.54) is 44.0 Å². The lowest BCUT2D eigenvalue weighted by Gasteiger charge is -2.41. The molecule has 4 nitrogen and oxygen atoms in total. The largest absolute Gasteiger partial charge is 0.272 e. The van der Waals surface area contributed by atoms with Gasteiger partial charge in [0.15, 0.2) is 0 Å². The van der Waals surface area contributed by atoms with Crippen LogP contribution in [-0.2, 0) is 21.7 Å². The van der Waals surface area contributed by atoms with E-state index in [0.717, 1.165) is 0 Å². The Bertz CT molecular complexity index is 1120. The van der Waals surface area contributed by atoms with E-state index in [9.17, 15) is 0 Å². The van der Waals surface area contributed by atoms with Crippen LogP contribution in [0.2, 0.25) is 0 Å². The van der Waals surface area contributed by atoms with Crippen molar-refractivity contribution in [2.24, 2.45) is 0 Å². The third-order valence-corrected chi connectivity index (χ3v) is 12.6. The molecule has 0 saturated carbocycles. The average Bonchev–Trinajstić information content (AvgIpc) is 2.75. The van der Waals surface area contributed by atoms with Gasteiger partial charge in [-0.15, -0.1) is 0 Å². The van der Waals surface area contributed by atoms with Crippen LogP contribution in [0.5, 0.6) is 0 Å². The normalized spacial score (nSPS) is 14.0. The van der Waals surface area contributed by atoms with Crippen LogP contribution in [-0.4, -0.2) is 75.1 Å². The van der Waals surface area contributed by atoms with Crippen LogP contribution >= 0.6 is 16.4 Å². The van der Waals surface area contributed by atoms with Crippen molar-refractivity contribution in [3.63, 3.8) is 0 Å². The molecule has 0 fully saturated rings. The summed E-state index contributed by atoms with van der Waals surface area (Å²) in [7, 11) is 16.5. The lowest BCUT2D eigenvalue weighted by Crippen LogP contribution is -2.36. The first kappa shape index (κ1) is 37.3. The molecule has 0 atom stereocenters. The van der Waals surface area contributed by atoms with Gasteiger partial charge in [-0.25, -0.2) is 0 Å². The van der Waals surface area contributed by atoms with Crippen molar-refractivity contribution < 1.29 is 0 Å². The van der Waals surface area contributed by atoms with E-state index in [2.05, 4.69) is 182 Å². The molecule has 0 heterocycles. The number of hydrogen-bond donors (Lipinski definition) is 0. The van der Waals surface area contributed by atoms with Crippen LogP contribution < -0.4 is 10.6 Å². The van der Waals surface area contributed by atoms with Gasteiger partial charge < -0.3 is 0 Å². The van der Waals surface area contributed by atoms with E-state index in [-0.39, 0.29) is 21.7 Å². The van der Waals surface area contributed by atoms with Gasteiger partial charge in [-0.1, -0.05) is 95.2 Å². The van der Waals surface area contributed by atoms with Gasteiger partial charge in [-0.3, -0.25) is 18.7 Å². The fourth-order valence-electron chi connectivity index (χ4n) is 5.64. The Morgan fingerprint density at radius 2 is 0.619 bits per heavy atom. The summed E-state index contributed by atoms with van der Waals surface area (Å²) in [4.78, 5) is 0. The van der Waals surface area contributed by atoms with Gasteiger partial charge in [0.1, 0.15) is 0 Å². The number of hydrogen-bond acceptors (Lipinski definition) is 4. The minimum Gasteiger partial charge on any atom is -0.272 e. The molecule has 0 unspecified atom stereocenters. The Balaban J connectivity index is 3.51. The highest BCUT2D eigenvalue weighted by Gasteiger charge is 2.36. The average molecular weight is 615 g/mol. The van der Waals surface area contributed by atoms with E-state index in [4.69, 9.17) is 0 Å². The van der Waals surface area contributed by atoms with Gasteiger partial charge in [0, 0.05) is 10.6 Å². The minimum absolute atomic E-state index is 0.0135. The Morgan fingerprint density at radius 3 is 0.786 bits per heavy atom. The lowest BCUT2D eigenvalue weighted by atomic mass is 9.76. The maximum Gasteiger partial charge on any atom is 0.0723 e. The van der Waals surface area contributed by atoms with Crippen LogP contribution in [0.15, 0.2) is 24.3 Å². The minimum atomic E-state index is -0.743. The van der Waals surface area contributed by atoms with Crippen molar-refractivity contribution in [3.05, 3.63) is 46.5 Å². The lowest BCUT2D eigenvalue weighted by molar-refractivity contribution is 0.563. The summed E-state index contributed by atoms with van der Waals surface area (Å²) in [6.07, 6.45) is 0. The highest BCUT2D eigenvalue weighted by Crippen LogP contribution is 2.51. The molecule has 0 amide bonds. The number of benzene rings is 2. The molecule has 2 aromatic rings. The monoisotopic (exact) mass is 614 g/mol. The molecular weight excluding hydrogens is 550 g/mol. The second-order valence-corrected chi connectivity index (χ2v) is 22.1. The zero-order chi connectivity index (χ0) is 32.9. The first-order valence-corrected chi connectivity index (χ1v) is 17.9. The molecule has 0 bridgehead atoms. The molecule has 0 N–H and O–H groups in total. The molecule has 0 spiro atoms. The molecule has 0 aliphatic heterocycles. The first-order chi connectivity index (χ1) is 18.7. The number of nitrogens with zero attached hydrogens (tertiary/aromatic N) is 4. The zero-order valence-corrected chi connectivity index (χ0v) is 32.8. The van der Waals surface area contributed by atoms with E-state index < -0.39 is 16.4 Å².